The molecule has 36 heavy (non-hydrogen) atoms. The summed E-state index contributed by atoms with van der Waals surface area (Å²) in [5.41, 5.74) is 1.98. The topological polar surface area (TPSA) is 92.2 Å². The summed E-state index contributed by atoms with van der Waals surface area (Å²) in [5, 5.41) is 14.7. The fraction of sp³-hybridized carbons (Fsp3) is 0.615. The lowest BCUT2D eigenvalue weighted by molar-refractivity contribution is 0.0355. The van der Waals surface area contributed by atoms with Crippen LogP contribution in [0.4, 0.5) is 5.95 Å². The summed E-state index contributed by atoms with van der Waals surface area (Å²) in [4.78, 5) is 13.9. The summed E-state index contributed by atoms with van der Waals surface area (Å²) in [6.07, 6.45) is 5.82. The van der Waals surface area contributed by atoms with Gasteiger partial charge in [-0.3, -0.25) is 10.2 Å². The second kappa shape index (κ2) is 11.5. The minimum Gasteiger partial charge on any atom is -0.495 e. The van der Waals surface area contributed by atoms with Crippen LogP contribution in [0.25, 0.3) is 0 Å². The van der Waals surface area contributed by atoms with E-state index in [2.05, 4.69) is 20.1 Å². The first-order valence-electron chi connectivity index (χ1n) is 12.8. The van der Waals surface area contributed by atoms with Crippen LogP contribution in [0.2, 0.25) is 5.02 Å². The maximum atomic E-state index is 11.0. The first-order valence-corrected chi connectivity index (χ1v) is 13.2. The molecule has 1 aromatic heterocycles. The second-order valence-corrected chi connectivity index (χ2v) is 10.4. The lowest BCUT2D eigenvalue weighted by atomic mass is 9.94. The molecule has 3 aliphatic rings. The smallest absolute Gasteiger partial charge is 0.228 e. The van der Waals surface area contributed by atoms with Gasteiger partial charge in [0.05, 0.1) is 30.9 Å². The Kier molecular flexibility index (Phi) is 8.12. The van der Waals surface area contributed by atoms with Gasteiger partial charge in [-0.15, -0.1) is 0 Å². The van der Waals surface area contributed by atoms with Gasteiger partial charge in [0.1, 0.15) is 18.6 Å². The van der Waals surface area contributed by atoms with Gasteiger partial charge in [0.15, 0.2) is 0 Å². The van der Waals surface area contributed by atoms with Gasteiger partial charge < -0.3 is 24.2 Å². The molecule has 0 bridgehead atoms. The first kappa shape index (κ1) is 25.5. The Labute approximate surface area is 217 Å². The molecule has 2 N–H and O–H groups in total. The summed E-state index contributed by atoms with van der Waals surface area (Å²) in [6.45, 7) is 6.94. The fourth-order valence-electron chi connectivity index (χ4n) is 4.93. The van der Waals surface area contributed by atoms with Crippen LogP contribution in [0.5, 0.6) is 11.6 Å². The molecule has 1 saturated carbocycles. The molecule has 9 nitrogen and oxygen atoms in total. The minimum absolute atomic E-state index is 0.261. The average Bonchev–Trinajstić information content (AvgIpc) is 3.67. The largest absolute Gasteiger partial charge is 0.495 e. The van der Waals surface area contributed by atoms with Crippen molar-refractivity contribution in [2.45, 2.75) is 38.5 Å². The van der Waals surface area contributed by atoms with E-state index in [1.54, 1.807) is 13.3 Å². The highest BCUT2D eigenvalue weighted by Crippen LogP contribution is 2.53. The van der Waals surface area contributed by atoms with E-state index >= 15 is 0 Å². The van der Waals surface area contributed by atoms with Crippen molar-refractivity contribution in [2.24, 2.45) is 5.41 Å². The van der Waals surface area contributed by atoms with E-state index in [0.717, 1.165) is 51.5 Å². The number of anilines is 1. The summed E-state index contributed by atoms with van der Waals surface area (Å²) < 4.78 is 16.8. The average molecular weight is 518 g/mol. The van der Waals surface area contributed by atoms with Crippen molar-refractivity contribution in [2.75, 3.05) is 64.5 Å². The van der Waals surface area contributed by atoms with Crippen molar-refractivity contribution < 1.29 is 19.3 Å². The van der Waals surface area contributed by atoms with Crippen molar-refractivity contribution in [1.82, 2.24) is 20.2 Å². The van der Waals surface area contributed by atoms with E-state index in [1.165, 1.54) is 25.7 Å². The summed E-state index contributed by atoms with van der Waals surface area (Å²) in [5.74, 6) is 1.64. The van der Waals surface area contributed by atoms with Gasteiger partial charge in [-0.05, 0) is 48.8 Å². The predicted molar refractivity (Wildman–Crippen MR) is 138 cm³/mol. The third-order valence-corrected chi connectivity index (χ3v) is 7.88. The number of halogens is 1. The molecule has 2 aliphatic heterocycles. The van der Waals surface area contributed by atoms with E-state index in [0.29, 0.717) is 40.1 Å². The zero-order valence-electron chi connectivity index (χ0n) is 20.9. The second-order valence-electron chi connectivity index (χ2n) is 9.99. The number of benzene rings is 1. The summed E-state index contributed by atoms with van der Waals surface area (Å²) in [7, 11) is 1.59. The molecule has 2 saturated heterocycles. The zero-order chi connectivity index (χ0) is 25.0. The van der Waals surface area contributed by atoms with E-state index in [4.69, 9.17) is 30.8 Å². The molecule has 1 aliphatic carbocycles. The number of aromatic nitrogens is 2. The molecule has 1 aromatic carbocycles. The quantitative estimate of drug-likeness (QED) is 0.461. The molecule has 0 amide bonds. The van der Waals surface area contributed by atoms with Gasteiger partial charge >= 0.3 is 0 Å². The van der Waals surface area contributed by atoms with E-state index in [9.17, 15) is 5.11 Å². The molecule has 1 spiro atoms. The third kappa shape index (κ3) is 6.20. The van der Waals surface area contributed by atoms with Gasteiger partial charge in [0, 0.05) is 45.5 Å². The van der Waals surface area contributed by atoms with Crippen LogP contribution in [0.15, 0.2) is 24.4 Å². The van der Waals surface area contributed by atoms with E-state index in [1.807, 2.05) is 18.2 Å². The van der Waals surface area contributed by atoms with Gasteiger partial charge in [0.2, 0.25) is 11.8 Å². The molecular weight excluding hydrogens is 482 g/mol. The van der Waals surface area contributed by atoms with Gasteiger partial charge in [0.25, 0.3) is 0 Å². The van der Waals surface area contributed by atoms with Crippen molar-refractivity contribution in [1.29, 1.82) is 0 Å². The Morgan fingerprint density at radius 3 is 2.64 bits per heavy atom. The lowest BCUT2D eigenvalue weighted by Gasteiger charge is -2.32. The molecule has 2 aromatic rings. The van der Waals surface area contributed by atoms with Crippen molar-refractivity contribution >= 4 is 17.5 Å². The van der Waals surface area contributed by atoms with Crippen LogP contribution in [0.1, 0.15) is 43.0 Å². The number of hydrogen-bond acceptors (Lipinski definition) is 9. The number of nitrogens with one attached hydrogen (secondary N) is 1. The maximum Gasteiger partial charge on any atom is 0.228 e. The number of ether oxygens (including phenoxy) is 3. The number of piperidine rings is 1. The van der Waals surface area contributed by atoms with Crippen LogP contribution < -0.4 is 19.7 Å². The highest BCUT2D eigenvalue weighted by molar-refractivity contribution is 6.32. The fourth-order valence-corrected chi connectivity index (χ4v) is 5.21. The summed E-state index contributed by atoms with van der Waals surface area (Å²) >= 11 is 6.29. The van der Waals surface area contributed by atoms with E-state index in [-0.39, 0.29) is 6.61 Å². The van der Waals surface area contributed by atoms with Crippen molar-refractivity contribution in [3.63, 3.8) is 0 Å². The standard InChI is InChI=1S/C26H36ClN5O4/c1-34-22-3-2-19(16-21(22)27)18-36-24-20(23(33)28-8-11-31-12-14-35-15-13-31)17-29-25(30-24)32-9-6-26(4-5-26)7-10-32/h2-3,16-17,23,28,33H,4-15,18H2,1H3. The van der Waals surface area contributed by atoms with Gasteiger partial charge in [-0.1, -0.05) is 17.7 Å². The Hall–Kier alpha value is -2.17. The molecule has 1 unspecified atom stereocenters. The molecule has 0 radical (unpaired) electrons. The Morgan fingerprint density at radius 1 is 1.17 bits per heavy atom. The number of aliphatic hydroxyl groups is 1. The van der Waals surface area contributed by atoms with Crippen molar-refractivity contribution in [3.05, 3.63) is 40.5 Å². The summed E-state index contributed by atoms with van der Waals surface area (Å²) in [6, 6.07) is 5.54. The van der Waals surface area contributed by atoms with Crippen LogP contribution in [-0.4, -0.2) is 79.6 Å². The van der Waals surface area contributed by atoms with Crippen LogP contribution in [-0.2, 0) is 11.3 Å². The molecule has 10 heteroatoms. The number of nitrogens with zero attached hydrogens (tertiary/aromatic N) is 4. The number of rotatable bonds is 10. The lowest BCUT2D eigenvalue weighted by Crippen LogP contribution is -2.41. The van der Waals surface area contributed by atoms with Crippen LogP contribution in [0, 0.1) is 5.41 Å². The van der Waals surface area contributed by atoms with Crippen molar-refractivity contribution in [3.8, 4) is 11.6 Å². The van der Waals surface area contributed by atoms with Gasteiger partial charge in [-0.25, -0.2) is 4.98 Å². The third-order valence-electron chi connectivity index (χ3n) is 7.59. The molecule has 1 atom stereocenters. The molecular formula is C26H36ClN5O4. The molecule has 3 fully saturated rings. The Balaban J connectivity index is 1.27. The SMILES string of the molecule is COc1ccc(COc2nc(N3CCC4(CC3)CC4)ncc2C(O)NCCN2CCOCC2)cc1Cl. The minimum atomic E-state index is -0.939. The highest BCUT2D eigenvalue weighted by atomic mass is 35.5. The number of methoxy groups -OCH3 is 1. The first-order chi connectivity index (χ1) is 17.5. The number of morpholine rings is 1. The Bertz CT molecular complexity index is 1020. The monoisotopic (exact) mass is 517 g/mol. The predicted octanol–water partition coefficient (Wildman–Crippen LogP) is 3.01. The molecule has 5 rings (SSSR count). The van der Waals surface area contributed by atoms with Crippen LogP contribution >= 0.6 is 11.6 Å². The van der Waals surface area contributed by atoms with Gasteiger partial charge in [-0.2, -0.15) is 4.98 Å². The zero-order valence-corrected chi connectivity index (χ0v) is 21.7. The van der Waals surface area contributed by atoms with Crippen LogP contribution in [0.3, 0.4) is 0 Å². The normalized spacial score (nSPS) is 20.4. The number of hydrogen-bond donors (Lipinski definition) is 2. The molecule has 3 heterocycles. The van der Waals surface area contributed by atoms with E-state index < -0.39 is 6.23 Å². The maximum absolute atomic E-state index is 11.0. The number of aliphatic hydroxyl groups excluding tert-OH is 1. The highest BCUT2D eigenvalue weighted by Gasteiger charge is 2.44. The Morgan fingerprint density at radius 2 is 1.94 bits per heavy atom. The molecule has 196 valence electrons.